The topological polar surface area (TPSA) is 102 Å². The molecule has 1 aliphatic heterocycles. The molecule has 2 rings (SSSR count). The minimum atomic E-state index is -1.06. The number of halogens is 1. The van der Waals surface area contributed by atoms with Gasteiger partial charge < -0.3 is 24.2 Å². The molecule has 1 saturated heterocycles. The second-order valence-electron chi connectivity index (χ2n) is 9.07. The molecule has 0 saturated carbocycles. The summed E-state index contributed by atoms with van der Waals surface area (Å²) in [6.07, 6.45) is 0.0544. The zero-order chi connectivity index (χ0) is 23.8. The van der Waals surface area contributed by atoms with E-state index in [-0.39, 0.29) is 6.04 Å². The van der Waals surface area contributed by atoms with Crippen LogP contribution in [-0.2, 0) is 14.2 Å². The standard InChI is InChI=1S/C12H14BrNO2.C10H18O5/c13-10-5-3-4-9(8-10)11-6-1-2-7-14(11)12(15)16;1-9(2,3)14-7(11)13-8(12)15-10(4,5)6/h3-5,8,11H,1-2,6-7H2,(H,15,16);1-6H3. The Balaban J connectivity index is 0.000000311. The number of rotatable bonds is 1. The molecule has 1 unspecified atom stereocenters. The van der Waals surface area contributed by atoms with Gasteiger partial charge >= 0.3 is 18.4 Å². The van der Waals surface area contributed by atoms with Gasteiger partial charge in [0.15, 0.2) is 0 Å². The van der Waals surface area contributed by atoms with E-state index < -0.39 is 29.6 Å². The third-order valence-electron chi connectivity index (χ3n) is 3.93. The van der Waals surface area contributed by atoms with Crippen LogP contribution in [0.3, 0.4) is 0 Å². The lowest BCUT2D eigenvalue weighted by molar-refractivity contribution is -0.0293. The summed E-state index contributed by atoms with van der Waals surface area (Å²) in [6, 6.07) is 7.93. The van der Waals surface area contributed by atoms with Gasteiger partial charge in [-0.05, 0) is 78.5 Å². The Bertz CT molecular complexity index is 742. The Kier molecular flexibility index (Phi) is 9.80. The number of benzene rings is 1. The molecule has 1 fully saturated rings. The lowest BCUT2D eigenvalue weighted by Crippen LogP contribution is -2.37. The molecule has 1 N–H and O–H groups in total. The number of hydrogen-bond donors (Lipinski definition) is 1. The maximum absolute atomic E-state index is 11.1. The molecule has 1 aliphatic rings. The number of ether oxygens (including phenoxy) is 3. The van der Waals surface area contributed by atoms with Gasteiger partial charge in [-0.2, -0.15) is 0 Å². The Labute approximate surface area is 192 Å². The zero-order valence-corrected chi connectivity index (χ0v) is 20.5. The number of piperidine rings is 1. The normalized spacial score (nSPS) is 16.5. The maximum Gasteiger partial charge on any atom is 0.519 e. The minimum absolute atomic E-state index is 0.0174. The Morgan fingerprint density at radius 2 is 1.55 bits per heavy atom. The molecule has 9 heteroatoms. The van der Waals surface area contributed by atoms with Gasteiger partial charge in [0.05, 0.1) is 6.04 Å². The summed E-state index contributed by atoms with van der Waals surface area (Å²) in [6.45, 7) is 10.7. The number of carboxylic acid groups (broad SMARTS) is 1. The molecule has 1 aromatic carbocycles. The third kappa shape index (κ3) is 11.1. The van der Waals surface area contributed by atoms with E-state index in [0.29, 0.717) is 6.54 Å². The Morgan fingerprint density at radius 3 is 2.00 bits per heavy atom. The largest absolute Gasteiger partial charge is 0.519 e. The number of likely N-dealkylation sites (tertiary alicyclic amines) is 1. The highest BCUT2D eigenvalue weighted by molar-refractivity contribution is 9.10. The molecule has 0 radical (unpaired) electrons. The fraction of sp³-hybridized carbons (Fsp3) is 0.591. The first-order valence-electron chi connectivity index (χ1n) is 10.1. The lowest BCUT2D eigenvalue weighted by atomic mass is 9.96. The molecule has 1 amide bonds. The van der Waals surface area contributed by atoms with Crippen molar-refractivity contribution in [2.24, 2.45) is 0 Å². The van der Waals surface area contributed by atoms with E-state index in [1.165, 1.54) is 0 Å². The van der Waals surface area contributed by atoms with Gasteiger partial charge in [0.25, 0.3) is 0 Å². The highest BCUT2D eigenvalue weighted by Crippen LogP contribution is 2.31. The van der Waals surface area contributed by atoms with Gasteiger partial charge in [0.1, 0.15) is 11.2 Å². The van der Waals surface area contributed by atoms with Gasteiger partial charge in [-0.25, -0.2) is 14.4 Å². The number of carbonyl (C=O) groups is 3. The second kappa shape index (κ2) is 11.4. The maximum atomic E-state index is 11.1. The molecule has 31 heavy (non-hydrogen) atoms. The smallest absolute Gasteiger partial charge is 0.465 e. The summed E-state index contributed by atoms with van der Waals surface area (Å²) in [4.78, 5) is 34.7. The molecule has 1 heterocycles. The minimum Gasteiger partial charge on any atom is -0.465 e. The molecule has 1 aromatic rings. The quantitative estimate of drug-likeness (QED) is 0.344. The van der Waals surface area contributed by atoms with Crippen LogP contribution in [0, 0.1) is 0 Å². The second-order valence-corrected chi connectivity index (χ2v) is 9.99. The number of nitrogens with zero attached hydrogens (tertiary/aromatic N) is 1. The predicted molar refractivity (Wildman–Crippen MR) is 119 cm³/mol. The summed E-state index contributed by atoms with van der Waals surface area (Å²) < 4.78 is 14.8. The van der Waals surface area contributed by atoms with Crippen molar-refractivity contribution in [3.05, 3.63) is 34.3 Å². The summed E-state index contributed by atoms with van der Waals surface area (Å²) in [5, 5.41) is 9.15. The van der Waals surface area contributed by atoms with Gasteiger partial charge in [-0.15, -0.1) is 0 Å². The first-order chi connectivity index (χ1) is 14.2. The van der Waals surface area contributed by atoms with Crippen LogP contribution < -0.4 is 0 Å². The van der Waals surface area contributed by atoms with Crippen LogP contribution in [0.2, 0.25) is 0 Å². The third-order valence-corrected chi connectivity index (χ3v) is 4.42. The van der Waals surface area contributed by atoms with Crippen molar-refractivity contribution in [1.29, 1.82) is 0 Å². The lowest BCUT2D eigenvalue weighted by Gasteiger charge is -2.33. The zero-order valence-electron chi connectivity index (χ0n) is 18.9. The van der Waals surface area contributed by atoms with Gasteiger partial charge in [0, 0.05) is 11.0 Å². The van der Waals surface area contributed by atoms with E-state index in [2.05, 4.69) is 20.7 Å². The van der Waals surface area contributed by atoms with Crippen molar-refractivity contribution in [2.75, 3.05) is 6.54 Å². The highest BCUT2D eigenvalue weighted by Gasteiger charge is 2.27. The highest BCUT2D eigenvalue weighted by atomic mass is 79.9. The van der Waals surface area contributed by atoms with E-state index in [4.69, 9.17) is 14.6 Å². The van der Waals surface area contributed by atoms with E-state index >= 15 is 0 Å². The molecule has 0 spiro atoms. The molecule has 0 aliphatic carbocycles. The van der Waals surface area contributed by atoms with Crippen LogP contribution in [-0.4, -0.2) is 46.2 Å². The van der Waals surface area contributed by atoms with Crippen LogP contribution in [0.25, 0.3) is 0 Å². The van der Waals surface area contributed by atoms with Gasteiger partial charge in [0.2, 0.25) is 0 Å². The van der Waals surface area contributed by atoms with Crippen molar-refractivity contribution in [1.82, 2.24) is 4.90 Å². The van der Waals surface area contributed by atoms with Crippen LogP contribution in [0.4, 0.5) is 14.4 Å². The number of amides is 1. The van der Waals surface area contributed by atoms with E-state index in [1.54, 1.807) is 46.4 Å². The van der Waals surface area contributed by atoms with Crippen LogP contribution in [0.5, 0.6) is 0 Å². The summed E-state index contributed by atoms with van der Waals surface area (Å²) in [5.41, 5.74) is -0.311. The van der Waals surface area contributed by atoms with Crippen molar-refractivity contribution >= 4 is 34.3 Å². The summed E-state index contributed by atoms with van der Waals surface area (Å²) in [5.74, 6) is 0. The first kappa shape index (κ1) is 26.7. The van der Waals surface area contributed by atoms with Crippen molar-refractivity contribution in [3.8, 4) is 0 Å². The Hall–Kier alpha value is -2.29. The van der Waals surface area contributed by atoms with Crippen LogP contribution in [0.15, 0.2) is 28.7 Å². The van der Waals surface area contributed by atoms with Crippen molar-refractivity contribution in [3.63, 3.8) is 0 Å². The van der Waals surface area contributed by atoms with Gasteiger partial charge in [-0.1, -0.05) is 28.1 Å². The number of carbonyl (C=O) groups excluding carboxylic acids is 2. The van der Waals surface area contributed by atoms with Gasteiger partial charge in [-0.3, -0.25) is 0 Å². The van der Waals surface area contributed by atoms with E-state index in [9.17, 15) is 14.4 Å². The molecule has 0 aromatic heterocycles. The molecular formula is C22H32BrNO7. The molecule has 1 atom stereocenters. The molecule has 0 bridgehead atoms. The van der Waals surface area contributed by atoms with Crippen LogP contribution >= 0.6 is 15.9 Å². The SMILES string of the molecule is CC(C)(C)OC(=O)OC(=O)OC(C)(C)C.O=C(O)N1CCCCC1c1cccc(Br)c1. The van der Waals surface area contributed by atoms with E-state index in [0.717, 1.165) is 29.3 Å². The fourth-order valence-electron chi connectivity index (χ4n) is 2.83. The average Bonchev–Trinajstić information content (AvgIpc) is 2.58. The summed E-state index contributed by atoms with van der Waals surface area (Å²) in [7, 11) is 0. The predicted octanol–water partition coefficient (Wildman–Crippen LogP) is 6.53. The average molecular weight is 502 g/mol. The van der Waals surface area contributed by atoms with Crippen LogP contribution in [0.1, 0.15) is 72.4 Å². The molecule has 8 nitrogen and oxygen atoms in total. The summed E-state index contributed by atoms with van der Waals surface area (Å²) >= 11 is 3.42. The number of hydrogen-bond acceptors (Lipinski definition) is 6. The van der Waals surface area contributed by atoms with E-state index in [1.807, 2.05) is 24.3 Å². The first-order valence-corrected chi connectivity index (χ1v) is 10.9. The Morgan fingerprint density at radius 1 is 1.00 bits per heavy atom. The van der Waals surface area contributed by atoms with Crippen molar-refractivity contribution in [2.45, 2.75) is 78.0 Å². The fourth-order valence-corrected chi connectivity index (χ4v) is 3.25. The molecule has 174 valence electrons. The molecular weight excluding hydrogens is 470 g/mol. The monoisotopic (exact) mass is 501 g/mol. The van der Waals surface area contributed by atoms with Crippen molar-refractivity contribution < 1.29 is 33.7 Å².